The highest BCUT2D eigenvalue weighted by atomic mass is 16.4. The van der Waals surface area contributed by atoms with E-state index in [1.165, 1.54) is 6.07 Å². The Hall–Kier alpha value is -1.85. The van der Waals surface area contributed by atoms with E-state index in [1.54, 1.807) is 11.8 Å². The van der Waals surface area contributed by atoms with Crippen LogP contribution in [0.1, 0.15) is 39.4 Å². The molecule has 0 spiro atoms. The molecule has 1 atom stereocenters. The van der Waals surface area contributed by atoms with Crippen LogP contribution in [0, 0.1) is 5.92 Å². The second-order valence-electron chi connectivity index (χ2n) is 4.92. The van der Waals surface area contributed by atoms with Gasteiger partial charge in [0.05, 0.1) is 5.92 Å². The van der Waals surface area contributed by atoms with Gasteiger partial charge in [-0.3, -0.25) is 9.59 Å². The Kier molecular flexibility index (Phi) is 5.09. The molecule has 0 fully saturated rings. The van der Waals surface area contributed by atoms with E-state index in [4.69, 9.17) is 5.11 Å². The summed E-state index contributed by atoms with van der Waals surface area (Å²) in [6.07, 6.45) is 0. The Morgan fingerprint density at radius 2 is 2.11 bits per heavy atom. The van der Waals surface area contributed by atoms with Gasteiger partial charge in [0.1, 0.15) is 11.6 Å². The normalized spacial score (nSPS) is 12.5. The smallest absolute Gasteiger partial charge is 0.308 e. The number of nitrogens with zero attached hydrogens (tertiary/aromatic N) is 2. The summed E-state index contributed by atoms with van der Waals surface area (Å²) in [6, 6.07) is 1.41. The first kappa shape index (κ1) is 15.2. The summed E-state index contributed by atoms with van der Waals surface area (Å²) in [7, 11) is 0. The molecule has 0 amide bonds. The van der Waals surface area contributed by atoms with Crippen molar-refractivity contribution in [2.45, 2.75) is 33.6 Å². The summed E-state index contributed by atoms with van der Waals surface area (Å²) in [5, 5.41) is 8.96. The third-order valence-corrected chi connectivity index (χ3v) is 2.91. The van der Waals surface area contributed by atoms with Crippen molar-refractivity contribution < 1.29 is 9.90 Å². The number of aromatic amines is 1. The molecule has 1 aromatic heterocycles. The molecule has 0 aliphatic carbocycles. The lowest BCUT2D eigenvalue weighted by atomic mass is 10.1. The van der Waals surface area contributed by atoms with E-state index in [0.29, 0.717) is 24.7 Å². The molecule has 1 rings (SSSR count). The fourth-order valence-electron chi connectivity index (χ4n) is 1.69. The first-order valence-electron chi connectivity index (χ1n) is 6.44. The quantitative estimate of drug-likeness (QED) is 0.814. The maximum Gasteiger partial charge on any atom is 0.308 e. The number of aromatic nitrogens is 2. The molecule has 0 aliphatic heterocycles. The van der Waals surface area contributed by atoms with E-state index < -0.39 is 11.9 Å². The van der Waals surface area contributed by atoms with Crippen molar-refractivity contribution in [3.05, 3.63) is 22.2 Å². The zero-order chi connectivity index (χ0) is 14.6. The average Bonchev–Trinajstić information content (AvgIpc) is 2.34. The average molecular weight is 267 g/mol. The monoisotopic (exact) mass is 267 g/mol. The van der Waals surface area contributed by atoms with Gasteiger partial charge in [0.2, 0.25) is 0 Å². The minimum atomic E-state index is -0.854. The van der Waals surface area contributed by atoms with Crippen molar-refractivity contribution in [2.24, 2.45) is 5.92 Å². The summed E-state index contributed by atoms with van der Waals surface area (Å²) >= 11 is 0. The van der Waals surface area contributed by atoms with Crippen molar-refractivity contribution in [1.82, 2.24) is 9.97 Å². The lowest BCUT2D eigenvalue weighted by Crippen LogP contribution is -2.33. The highest BCUT2D eigenvalue weighted by Crippen LogP contribution is 2.14. The number of aliphatic carboxylic acids is 1. The molecule has 0 radical (unpaired) electrons. The maximum absolute atomic E-state index is 11.6. The Morgan fingerprint density at radius 3 is 2.58 bits per heavy atom. The minimum absolute atomic E-state index is 0.114. The first-order valence-corrected chi connectivity index (χ1v) is 6.44. The predicted molar refractivity (Wildman–Crippen MR) is 73.6 cm³/mol. The fraction of sp³-hybridized carbons (Fsp3) is 0.615. The van der Waals surface area contributed by atoms with Crippen LogP contribution in [0.5, 0.6) is 0 Å². The van der Waals surface area contributed by atoms with E-state index in [9.17, 15) is 9.59 Å². The Bertz CT molecular complexity index is 496. The molecule has 1 unspecified atom stereocenters. The van der Waals surface area contributed by atoms with Gasteiger partial charge in [-0.25, -0.2) is 4.98 Å². The summed E-state index contributed by atoms with van der Waals surface area (Å²) in [4.78, 5) is 31.4. The van der Waals surface area contributed by atoms with Gasteiger partial charge in [0.15, 0.2) is 0 Å². The van der Waals surface area contributed by atoms with Gasteiger partial charge in [-0.05, 0) is 6.92 Å². The zero-order valence-electron chi connectivity index (χ0n) is 11.8. The molecule has 0 aliphatic rings. The standard InChI is InChI=1S/C13H21N3O3/c1-5-16(7-9(4)13(18)19)10-6-11(17)15-12(14-10)8(2)3/h6,8-9H,5,7H2,1-4H3,(H,18,19)(H,14,15,17). The molecule has 1 aromatic rings. The van der Waals surface area contributed by atoms with Crippen LogP contribution < -0.4 is 10.5 Å². The van der Waals surface area contributed by atoms with E-state index >= 15 is 0 Å². The molecule has 106 valence electrons. The SMILES string of the molecule is CCN(CC(C)C(=O)O)c1cc(=O)[nH]c(C(C)C)n1. The van der Waals surface area contributed by atoms with E-state index in [-0.39, 0.29) is 11.5 Å². The summed E-state index contributed by atoms with van der Waals surface area (Å²) in [5.41, 5.74) is -0.213. The molecule has 0 saturated carbocycles. The van der Waals surface area contributed by atoms with Crippen LogP contribution in [0.3, 0.4) is 0 Å². The number of nitrogens with one attached hydrogen (secondary N) is 1. The number of hydrogen-bond acceptors (Lipinski definition) is 4. The second-order valence-corrected chi connectivity index (χ2v) is 4.92. The van der Waals surface area contributed by atoms with Crippen LogP contribution in [0.4, 0.5) is 5.82 Å². The van der Waals surface area contributed by atoms with Gasteiger partial charge in [-0.2, -0.15) is 0 Å². The second kappa shape index (κ2) is 6.36. The van der Waals surface area contributed by atoms with Gasteiger partial charge in [0, 0.05) is 25.1 Å². The summed E-state index contributed by atoms with van der Waals surface area (Å²) in [6.45, 7) is 8.37. The highest BCUT2D eigenvalue weighted by molar-refractivity contribution is 5.70. The van der Waals surface area contributed by atoms with Gasteiger partial charge in [-0.1, -0.05) is 20.8 Å². The van der Waals surface area contributed by atoms with Crippen molar-refractivity contribution in [3.8, 4) is 0 Å². The first-order chi connectivity index (χ1) is 8.85. The Labute approximate surface area is 112 Å². The largest absolute Gasteiger partial charge is 0.481 e. The van der Waals surface area contributed by atoms with Crippen LogP contribution in [-0.2, 0) is 4.79 Å². The lowest BCUT2D eigenvalue weighted by molar-refractivity contribution is -0.140. The van der Waals surface area contributed by atoms with Crippen molar-refractivity contribution in [3.63, 3.8) is 0 Å². The summed E-state index contributed by atoms with van der Waals surface area (Å²) < 4.78 is 0. The molecular formula is C13H21N3O3. The Balaban J connectivity index is 3.04. The van der Waals surface area contributed by atoms with Crippen LogP contribution in [0.15, 0.2) is 10.9 Å². The van der Waals surface area contributed by atoms with Crippen molar-refractivity contribution in [2.75, 3.05) is 18.0 Å². The number of H-pyrrole nitrogens is 1. The fourth-order valence-corrected chi connectivity index (χ4v) is 1.69. The predicted octanol–water partition coefficient (Wildman–Crippen LogP) is 1.44. The molecule has 6 heteroatoms. The number of hydrogen-bond donors (Lipinski definition) is 2. The molecular weight excluding hydrogens is 246 g/mol. The molecule has 0 aromatic carbocycles. The van der Waals surface area contributed by atoms with Crippen LogP contribution >= 0.6 is 0 Å². The van der Waals surface area contributed by atoms with Gasteiger partial charge < -0.3 is 15.0 Å². The molecule has 19 heavy (non-hydrogen) atoms. The van der Waals surface area contributed by atoms with E-state index in [1.807, 2.05) is 20.8 Å². The summed E-state index contributed by atoms with van der Waals surface area (Å²) in [5.74, 6) is -0.105. The molecule has 6 nitrogen and oxygen atoms in total. The number of anilines is 1. The minimum Gasteiger partial charge on any atom is -0.481 e. The van der Waals surface area contributed by atoms with Gasteiger partial charge >= 0.3 is 5.97 Å². The maximum atomic E-state index is 11.6. The van der Waals surface area contributed by atoms with Crippen molar-refractivity contribution in [1.29, 1.82) is 0 Å². The highest BCUT2D eigenvalue weighted by Gasteiger charge is 2.17. The molecule has 0 bridgehead atoms. The third kappa shape index (κ3) is 4.08. The van der Waals surface area contributed by atoms with Crippen molar-refractivity contribution >= 4 is 11.8 Å². The van der Waals surface area contributed by atoms with Crippen LogP contribution in [-0.4, -0.2) is 34.1 Å². The van der Waals surface area contributed by atoms with Gasteiger partial charge in [-0.15, -0.1) is 0 Å². The van der Waals surface area contributed by atoms with E-state index in [2.05, 4.69) is 9.97 Å². The third-order valence-electron chi connectivity index (χ3n) is 2.91. The molecule has 0 saturated heterocycles. The van der Waals surface area contributed by atoms with Gasteiger partial charge in [0.25, 0.3) is 5.56 Å². The van der Waals surface area contributed by atoms with Crippen LogP contribution in [0.2, 0.25) is 0 Å². The lowest BCUT2D eigenvalue weighted by Gasteiger charge is -2.24. The van der Waals surface area contributed by atoms with E-state index in [0.717, 1.165) is 0 Å². The number of carboxylic acids is 1. The number of carbonyl (C=O) groups is 1. The molecule has 2 N–H and O–H groups in total. The zero-order valence-corrected chi connectivity index (χ0v) is 11.8. The van der Waals surface area contributed by atoms with Crippen LogP contribution in [0.25, 0.3) is 0 Å². The Morgan fingerprint density at radius 1 is 1.47 bits per heavy atom. The number of rotatable bonds is 6. The number of carboxylic acid groups (broad SMARTS) is 1. The topological polar surface area (TPSA) is 86.3 Å². The molecule has 1 heterocycles.